The number of nitrogens with two attached hydrogens (primary N) is 2. The van der Waals surface area contributed by atoms with Crippen molar-refractivity contribution >= 4 is 29.2 Å². The van der Waals surface area contributed by atoms with Gasteiger partial charge in [-0.2, -0.15) is 8.78 Å². The quantitative estimate of drug-likeness (QED) is 0.329. The van der Waals surface area contributed by atoms with Crippen LogP contribution < -0.4 is 16.2 Å². The lowest BCUT2D eigenvalue weighted by molar-refractivity contribution is -0.0498. The van der Waals surface area contributed by atoms with E-state index in [1.165, 1.54) is 30.0 Å². The van der Waals surface area contributed by atoms with Crippen molar-refractivity contribution in [3.05, 3.63) is 53.3 Å². The number of nitrogens with zero attached hydrogens (tertiary/aromatic N) is 3. The standard InChI is InChI=1S/C20H21F2N5O2S/c1-10-8-15(18(28)12(3)30-20-25-16(23)9-17(24)26-20)11(2)27(10)13-4-6-14(7-5-13)29-19(21)22/h4-9,12,19H,1-3H3,(H4,23,24,25,26). The van der Waals surface area contributed by atoms with Crippen LogP contribution in [0.4, 0.5) is 20.4 Å². The average molecular weight is 433 g/mol. The van der Waals surface area contributed by atoms with Gasteiger partial charge in [-0.15, -0.1) is 0 Å². The molecule has 3 aromatic rings. The molecule has 0 aliphatic heterocycles. The first-order chi connectivity index (χ1) is 14.2. The van der Waals surface area contributed by atoms with E-state index in [1.54, 1.807) is 25.1 Å². The third kappa shape index (κ3) is 4.70. The lowest BCUT2D eigenvalue weighted by Crippen LogP contribution is -2.15. The number of ketones is 1. The van der Waals surface area contributed by atoms with Gasteiger partial charge in [-0.1, -0.05) is 11.8 Å². The lowest BCUT2D eigenvalue weighted by Gasteiger charge is -2.12. The Kier molecular flexibility index (Phi) is 6.25. The number of hydrogen-bond donors (Lipinski definition) is 2. The second-order valence-electron chi connectivity index (χ2n) is 6.62. The summed E-state index contributed by atoms with van der Waals surface area (Å²) in [5.41, 5.74) is 14.2. The Morgan fingerprint density at radius 2 is 1.70 bits per heavy atom. The number of carbonyl (C=O) groups excluding carboxylic acids is 1. The van der Waals surface area contributed by atoms with Gasteiger partial charge in [0, 0.05) is 28.7 Å². The van der Waals surface area contributed by atoms with Gasteiger partial charge in [-0.3, -0.25) is 4.79 Å². The van der Waals surface area contributed by atoms with Crippen molar-refractivity contribution < 1.29 is 18.3 Å². The van der Waals surface area contributed by atoms with Crippen molar-refractivity contribution in [2.45, 2.75) is 37.8 Å². The Balaban J connectivity index is 1.84. The number of anilines is 2. The van der Waals surface area contributed by atoms with Gasteiger partial charge in [0.25, 0.3) is 0 Å². The van der Waals surface area contributed by atoms with Crippen molar-refractivity contribution in [1.82, 2.24) is 14.5 Å². The fraction of sp³-hybridized carbons (Fsp3) is 0.250. The topological polar surface area (TPSA) is 109 Å². The van der Waals surface area contributed by atoms with Crippen LogP contribution in [0.15, 0.2) is 41.6 Å². The Bertz CT molecular complexity index is 1050. The molecule has 7 nitrogen and oxygen atoms in total. The first kappa shape index (κ1) is 21.6. The average Bonchev–Trinajstić information content (AvgIpc) is 2.94. The number of thioether (sulfide) groups is 1. The summed E-state index contributed by atoms with van der Waals surface area (Å²) in [5.74, 6) is 0.449. The number of alkyl halides is 2. The third-order valence-corrected chi connectivity index (χ3v) is 5.37. The van der Waals surface area contributed by atoms with Crippen molar-refractivity contribution in [3.63, 3.8) is 0 Å². The van der Waals surface area contributed by atoms with Crippen LogP contribution in [0.3, 0.4) is 0 Å². The number of nitrogen functional groups attached to an aromatic ring is 2. The predicted molar refractivity (Wildman–Crippen MR) is 112 cm³/mol. The van der Waals surface area contributed by atoms with Gasteiger partial charge >= 0.3 is 6.61 Å². The van der Waals surface area contributed by atoms with Gasteiger partial charge in [-0.05, 0) is 51.1 Å². The molecular formula is C20H21F2N5O2S. The van der Waals surface area contributed by atoms with E-state index in [0.717, 1.165) is 17.1 Å². The minimum absolute atomic E-state index is 0.0685. The minimum atomic E-state index is -2.88. The highest BCUT2D eigenvalue weighted by molar-refractivity contribution is 8.00. The second-order valence-corrected chi connectivity index (χ2v) is 7.93. The van der Waals surface area contributed by atoms with Gasteiger partial charge in [0.1, 0.15) is 17.4 Å². The molecule has 30 heavy (non-hydrogen) atoms. The van der Waals surface area contributed by atoms with E-state index in [1.807, 2.05) is 18.4 Å². The van der Waals surface area contributed by atoms with Gasteiger partial charge in [0.05, 0.1) is 5.25 Å². The molecule has 0 fully saturated rings. The van der Waals surface area contributed by atoms with Gasteiger partial charge in [-0.25, -0.2) is 9.97 Å². The van der Waals surface area contributed by atoms with E-state index < -0.39 is 11.9 Å². The molecule has 1 unspecified atom stereocenters. The van der Waals surface area contributed by atoms with Gasteiger partial charge in [0.2, 0.25) is 0 Å². The molecule has 2 aromatic heterocycles. The van der Waals surface area contributed by atoms with Crippen LogP contribution in [-0.4, -0.2) is 32.2 Å². The molecule has 0 bridgehead atoms. The summed E-state index contributed by atoms with van der Waals surface area (Å²) in [4.78, 5) is 21.3. The summed E-state index contributed by atoms with van der Waals surface area (Å²) in [7, 11) is 0. The predicted octanol–water partition coefficient (Wildman–Crippen LogP) is 4.01. The molecule has 0 aliphatic rings. The number of aryl methyl sites for hydroxylation is 1. The Hall–Kier alpha value is -3.14. The summed E-state index contributed by atoms with van der Waals surface area (Å²) >= 11 is 1.17. The largest absolute Gasteiger partial charge is 0.435 e. The Morgan fingerprint density at radius 3 is 2.27 bits per heavy atom. The molecule has 0 saturated carbocycles. The van der Waals surface area contributed by atoms with E-state index in [4.69, 9.17) is 11.5 Å². The number of Topliss-reactive ketones (excluding diaryl/α,β-unsaturated/α-hetero) is 1. The summed E-state index contributed by atoms with van der Waals surface area (Å²) in [6, 6.07) is 9.49. The van der Waals surface area contributed by atoms with Crippen LogP contribution in [0, 0.1) is 13.8 Å². The molecule has 10 heteroatoms. The van der Waals surface area contributed by atoms with E-state index in [2.05, 4.69) is 14.7 Å². The smallest absolute Gasteiger partial charge is 0.387 e. The summed E-state index contributed by atoms with van der Waals surface area (Å²) in [6.07, 6.45) is 0. The summed E-state index contributed by atoms with van der Waals surface area (Å²) in [6.45, 7) is 2.58. The minimum Gasteiger partial charge on any atom is -0.435 e. The normalized spacial score (nSPS) is 12.2. The maximum atomic E-state index is 13.1. The first-order valence-electron chi connectivity index (χ1n) is 9.00. The van der Waals surface area contributed by atoms with Crippen LogP contribution >= 0.6 is 11.8 Å². The van der Waals surface area contributed by atoms with Crippen LogP contribution in [0.5, 0.6) is 5.75 Å². The molecule has 0 saturated heterocycles. The van der Waals surface area contributed by atoms with Gasteiger partial charge in [0.15, 0.2) is 10.9 Å². The molecule has 3 rings (SSSR count). The van der Waals surface area contributed by atoms with Crippen molar-refractivity contribution in [2.75, 3.05) is 11.5 Å². The zero-order valence-electron chi connectivity index (χ0n) is 16.6. The Morgan fingerprint density at radius 1 is 1.10 bits per heavy atom. The van der Waals surface area contributed by atoms with Crippen LogP contribution in [-0.2, 0) is 0 Å². The summed E-state index contributed by atoms with van der Waals surface area (Å²) < 4.78 is 31.0. The highest BCUT2D eigenvalue weighted by Crippen LogP contribution is 2.28. The molecular weight excluding hydrogens is 412 g/mol. The van der Waals surface area contributed by atoms with Crippen LogP contribution in [0.25, 0.3) is 5.69 Å². The van der Waals surface area contributed by atoms with Crippen molar-refractivity contribution in [1.29, 1.82) is 0 Å². The fourth-order valence-corrected chi connectivity index (χ4v) is 4.00. The number of hydrogen-bond acceptors (Lipinski definition) is 7. The number of benzene rings is 1. The molecule has 0 radical (unpaired) electrons. The monoisotopic (exact) mass is 433 g/mol. The zero-order chi connectivity index (χ0) is 22.0. The number of halogens is 2. The lowest BCUT2D eigenvalue weighted by atomic mass is 10.1. The molecule has 158 valence electrons. The van der Waals surface area contributed by atoms with E-state index in [-0.39, 0.29) is 23.2 Å². The SMILES string of the molecule is Cc1cc(C(=O)C(C)Sc2nc(N)cc(N)n2)c(C)n1-c1ccc(OC(F)F)cc1. The van der Waals surface area contributed by atoms with Crippen LogP contribution in [0.1, 0.15) is 28.7 Å². The highest BCUT2D eigenvalue weighted by Gasteiger charge is 2.23. The highest BCUT2D eigenvalue weighted by atomic mass is 32.2. The zero-order valence-corrected chi connectivity index (χ0v) is 17.4. The maximum Gasteiger partial charge on any atom is 0.387 e. The molecule has 0 spiro atoms. The van der Waals surface area contributed by atoms with E-state index in [0.29, 0.717) is 10.7 Å². The van der Waals surface area contributed by atoms with Crippen LogP contribution in [0.2, 0.25) is 0 Å². The summed E-state index contributed by atoms with van der Waals surface area (Å²) in [5, 5.41) is -0.140. The molecule has 2 heterocycles. The molecule has 4 N–H and O–H groups in total. The number of ether oxygens (including phenoxy) is 1. The van der Waals surface area contributed by atoms with Crippen molar-refractivity contribution in [2.24, 2.45) is 0 Å². The fourth-order valence-electron chi connectivity index (χ4n) is 3.13. The number of aromatic nitrogens is 3. The van der Waals surface area contributed by atoms with E-state index >= 15 is 0 Å². The second kappa shape index (κ2) is 8.70. The molecule has 1 aromatic carbocycles. The first-order valence-corrected chi connectivity index (χ1v) is 9.88. The van der Waals surface area contributed by atoms with E-state index in [9.17, 15) is 13.6 Å². The third-order valence-electron chi connectivity index (χ3n) is 4.41. The van der Waals surface area contributed by atoms with Crippen molar-refractivity contribution in [3.8, 4) is 11.4 Å². The Labute approximate surface area is 176 Å². The molecule has 0 aliphatic carbocycles. The van der Waals surface area contributed by atoms with Gasteiger partial charge < -0.3 is 20.8 Å². The number of rotatable bonds is 7. The molecule has 0 amide bonds. The number of carbonyl (C=O) groups is 1. The molecule has 1 atom stereocenters. The maximum absolute atomic E-state index is 13.1.